The summed E-state index contributed by atoms with van der Waals surface area (Å²) in [4.78, 5) is 60.5. The Morgan fingerprint density at radius 3 is 1.59 bits per heavy atom. The van der Waals surface area contributed by atoms with Crippen LogP contribution in [0.3, 0.4) is 0 Å². The van der Waals surface area contributed by atoms with Crippen molar-refractivity contribution in [2.45, 2.75) is 32.6 Å². The monoisotopic (exact) mass is 386 g/mol. The van der Waals surface area contributed by atoms with Gasteiger partial charge >= 0.3 is 0 Å². The molecule has 0 rings (SSSR count). The van der Waals surface area contributed by atoms with Gasteiger partial charge in [-0.25, -0.2) is 5.01 Å². The highest BCUT2D eigenvalue weighted by Crippen LogP contribution is 1.97. The molecule has 0 atom stereocenters. The third-order valence-electron chi connectivity index (χ3n) is 2.65. The maximum absolute atomic E-state index is 10.8. The number of nitroso groups, excluding NO2 is 3. The Labute approximate surface area is 157 Å². The number of unbranched alkanes of at least 4 members (excludes halogenated alkanes) is 1. The van der Waals surface area contributed by atoms with Crippen molar-refractivity contribution in [2.24, 2.45) is 15.9 Å². The first-order valence-electron chi connectivity index (χ1n) is 7.70. The Morgan fingerprint density at radius 1 is 0.852 bits per heavy atom. The predicted octanol–water partition coefficient (Wildman–Crippen LogP) is 2.33. The van der Waals surface area contributed by atoms with Gasteiger partial charge in [0.05, 0.1) is 15.9 Å². The molecule has 0 aliphatic carbocycles. The van der Waals surface area contributed by atoms with Crippen molar-refractivity contribution >= 4 is 17.7 Å². The molecule has 0 N–H and O–H groups in total. The van der Waals surface area contributed by atoms with Crippen LogP contribution < -0.4 is 0 Å². The van der Waals surface area contributed by atoms with Gasteiger partial charge in [-0.15, -0.1) is 21.3 Å². The molecule has 0 bridgehead atoms. The summed E-state index contributed by atoms with van der Waals surface area (Å²) in [7, 11) is 3.93. The van der Waals surface area contributed by atoms with E-state index in [4.69, 9.17) is 0 Å². The molecule has 0 radical (unpaired) electrons. The third kappa shape index (κ3) is 17.3. The van der Waals surface area contributed by atoms with E-state index in [1.165, 1.54) is 27.2 Å². The molecule has 0 fully saturated rings. The number of hydrogen-bond donors (Lipinski definition) is 0. The molecule has 0 aliphatic rings. The second-order valence-electron chi connectivity index (χ2n) is 4.74. The second-order valence-corrected chi connectivity index (χ2v) is 4.74. The molecule has 152 valence electrons. The minimum atomic E-state index is -0.500. The summed E-state index contributed by atoms with van der Waals surface area (Å²) in [5, 5.41) is 9.42. The van der Waals surface area contributed by atoms with Crippen LogP contribution in [0.2, 0.25) is 0 Å². The molecule has 0 aromatic carbocycles. The largest absolute Gasteiger partial charge is 0.273 e. The van der Waals surface area contributed by atoms with E-state index in [1.807, 2.05) is 6.92 Å². The number of carbonyl (C=O) groups is 3. The second kappa shape index (κ2) is 19.0. The maximum Gasteiger partial charge on any atom is 0.268 e. The maximum atomic E-state index is 10.8. The lowest BCUT2D eigenvalue weighted by molar-refractivity contribution is -0.130. The predicted molar refractivity (Wildman–Crippen MR) is 100 cm³/mol. The van der Waals surface area contributed by atoms with Crippen LogP contribution in [0.4, 0.5) is 0 Å². The van der Waals surface area contributed by atoms with E-state index in [2.05, 4.69) is 29.0 Å². The Hall–Kier alpha value is -3.31. The summed E-state index contributed by atoms with van der Waals surface area (Å²) in [5.41, 5.74) is 0. The van der Waals surface area contributed by atoms with Crippen molar-refractivity contribution in [1.29, 1.82) is 0 Å². The lowest BCUT2D eigenvalue weighted by atomic mass is 10.2. The molecule has 0 aliphatic heterocycles. The average Bonchev–Trinajstić information content (AvgIpc) is 2.70. The minimum Gasteiger partial charge on any atom is -0.273 e. The first-order valence-corrected chi connectivity index (χ1v) is 7.70. The summed E-state index contributed by atoms with van der Waals surface area (Å²) >= 11 is 0. The van der Waals surface area contributed by atoms with Gasteiger partial charge in [-0.1, -0.05) is 26.0 Å². The number of rotatable bonds is 9. The summed E-state index contributed by atoms with van der Waals surface area (Å²) < 4.78 is 0. The van der Waals surface area contributed by atoms with Crippen molar-refractivity contribution in [1.82, 2.24) is 15.0 Å². The zero-order valence-electron chi connectivity index (χ0n) is 16.0. The van der Waals surface area contributed by atoms with E-state index in [1.54, 1.807) is 0 Å². The van der Waals surface area contributed by atoms with E-state index in [9.17, 15) is 29.1 Å². The summed E-state index contributed by atoms with van der Waals surface area (Å²) in [5.74, 6) is -1.06. The molecule has 0 aromatic heterocycles. The zero-order chi connectivity index (χ0) is 21.8. The highest BCUT2D eigenvalue weighted by Gasteiger charge is 2.06. The molecular formula is C15H26N6O6. The van der Waals surface area contributed by atoms with Gasteiger partial charge in [-0.05, 0) is 12.5 Å². The molecular weight excluding hydrogens is 360 g/mol. The number of carbonyl (C=O) groups excluding carboxylic acids is 3. The number of likely N-dealkylation sites (N-methyl/N-ethyl adjacent to an activating group) is 1. The van der Waals surface area contributed by atoms with E-state index in [0.717, 1.165) is 28.9 Å². The fourth-order valence-corrected chi connectivity index (χ4v) is 1.01. The summed E-state index contributed by atoms with van der Waals surface area (Å²) in [6.07, 6.45) is 4.78. The van der Waals surface area contributed by atoms with Crippen LogP contribution in [0.1, 0.15) is 32.6 Å². The van der Waals surface area contributed by atoms with E-state index >= 15 is 0 Å². The van der Waals surface area contributed by atoms with Gasteiger partial charge in [-0.2, -0.15) is 10.0 Å². The molecule has 27 heavy (non-hydrogen) atoms. The van der Waals surface area contributed by atoms with Crippen LogP contribution in [-0.2, 0) is 14.4 Å². The summed E-state index contributed by atoms with van der Waals surface area (Å²) in [6, 6.07) is 0. The molecule has 12 heteroatoms. The Balaban J connectivity index is -0.000000322. The van der Waals surface area contributed by atoms with Gasteiger partial charge in [0.15, 0.2) is 0 Å². The van der Waals surface area contributed by atoms with Crippen molar-refractivity contribution in [3.63, 3.8) is 0 Å². The van der Waals surface area contributed by atoms with Gasteiger partial charge in [0.2, 0.25) is 11.8 Å². The summed E-state index contributed by atoms with van der Waals surface area (Å²) in [6.45, 7) is 8.45. The molecule has 0 saturated carbocycles. The average molecular weight is 386 g/mol. The standard InChI is InChI=1S/C6H12N2O2.C5H8N2O2.C4H6N2O2/c1-3-4-5-6(9)8(2)7-10;1-3-4-5(8)7(2)6-9;1-3-4(7)6(2)5-8/h3-5H2,1-2H3;3H,1,4H2,2H3;3H,1H2,2H3. The van der Waals surface area contributed by atoms with Crippen LogP contribution in [0.5, 0.6) is 0 Å². The van der Waals surface area contributed by atoms with Crippen molar-refractivity contribution < 1.29 is 14.4 Å². The van der Waals surface area contributed by atoms with E-state index in [-0.39, 0.29) is 18.2 Å². The number of hydrogen-bond acceptors (Lipinski definition) is 9. The fraction of sp³-hybridized carbons (Fsp3) is 0.533. The normalized spacial score (nSPS) is 8.30. The molecule has 0 unspecified atom stereocenters. The Kier molecular flexibility index (Phi) is 20.1. The third-order valence-corrected chi connectivity index (χ3v) is 2.65. The Morgan fingerprint density at radius 2 is 1.30 bits per heavy atom. The van der Waals surface area contributed by atoms with Crippen LogP contribution in [0.15, 0.2) is 41.2 Å². The van der Waals surface area contributed by atoms with Gasteiger partial charge < -0.3 is 0 Å². The van der Waals surface area contributed by atoms with Crippen LogP contribution in [0.25, 0.3) is 0 Å². The molecule has 3 amide bonds. The lowest BCUT2D eigenvalue weighted by Gasteiger charge is -2.04. The van der Waals surface area contributed by atoms with Crippen LogP contribution in [-0.4, -0.2) is 53.9 Å². The van der Waals surface area contributed by atoms with E-state index < -0.39 is 5.91 Å². The van der Waals surface area contributed by atoms with Crippen molar-refractivity contribution in [3.8, 4) is 0 Å². The smallest absolute Gasteiger partial charge is 0.268 e. The molecule has 0 saturated heterocycles. The van der Waals surface area contributed by atoms with Crippen LogP contribution >= 0.6 is 0 Å². The zero-order valence-corrected chi connectivity index (χ0v) is 16.0. The Bertz CT molecular complexity index is 525. The molecule has 0 aromatic rings. The van der Waals surface area contributed by atoms with E-state index in [0.29, 0.717) is 11.4 Å². The molecule has 0 heterocycles. The van der Waals surface area contributed by atoms with Gasteiger partial charge in [0.25, 0.3) is 5.91 Å². The topological polar surface area (TPSA) is 149 Å². The SMILES string of the molecule is C=CC(=O)N(C)N=O.C=CCC(=O)N(C)N=O.CCCCC(=O)N(C)N=O. The number of amides is 3. The first-order chi connectivity index (χ1) is 12.7. The fourth-order valence-electron chi connectivity index (χ4n) is 1.01. The van der Waals surface area contributed by atoms with Crippen molar-refractivity contribution in [3.05, 3.63) is 40.0 Å². The highest BCUT2D eigenvalue weighted by molar-refractivity contribution is 5.86. The van der Waals surface area contributed by atoms with Crippen molar-refractivity contribution in [2.75, 3.05) is 21.1 Å². The lowest BCUT2D eigenvalue weighted by Crippen LogP contribution is -2.19. The van der Waals surface area contributed by atoms with Crippen LogP contribution in [0, 0.1) is 14.7 Å². The minimum absolute atomic E-state index is 0.155. The number of nitrogens with zero attached hydrogens (tertiary/aromatic N) is 6. The first kappa shape index (κ1) is 28.5. The van der Waals surface area contributed by atoms with Gasteiger partial charge in [0.1, 0.15) is 0 Å². The molecule has 12 nitrogen and oxygen atoms in total. The highest BCUT2D eigenvalue weighted by atomic mass is 16.3. The quantitative estimate of drug-likeness (QED) is 0.257. The van der Waals surface area contributed by atoms with Gasteiger partial charge in [0, 0.05) is 34.0 Å². The molecule has 0 spiro atoms. The van der Waals surface area contributed by atoms with Gasteiger partial charge in [-0.3, -0.25) is 14.4 Å².